The molecule has 4 heteroatoms. The second-order valence-corrected chi connectivity index (χ2v) is 4.60. The Kier molecular flexibility index (Phi) is 3.70. The van der Waals surface area contributed by atoms with Crippen molar-refractivity contribution in [2.75, 3.05) is 0 Å². The number of nitrogens with zero attached hydrogens (tertiary/aromatic N) is 1. The largest absolute Gasteiger partial charge is 0.489 e. The molecular weight excluding hydrogens is 274 g/mol. The molecule has 0 saturated heterocycles. The Labute approximate surface area is 121 Å². The fourth-order valence-corrected chi connectivity index (χ4v) is 2.00. The van der Waals surface area contributed by atoms with Gasteiger partial charge in [-0.25, -0.2) is 4.98 Å². The summed E-state index contributed by atoms with van der Waals surface area (Å²) in [5.74, 6) is 1.40. The van der Waals surface area contributed by atoms with E-state index in [1.807, 2.05) is 54.6 Å². The van der Waals surface area contributed by atoms with Crippen molar-refractivity contribution in [1.29, 1.82) is 0 Å². The zero-order chi connectivity index (χ0) is 13.8. The number of benzene rings is 2. The maximum atomic E-state index is 5.77. The molecule has 20 heavy (non-hydrogen) atoms. The first-order chi connectivity index (χ1) is 9.81. The molecule has 0 fully saturated rings. The minimum atomic E-state index is 0.135. The van der Waals surface area contributed by atoms with Crippen LogP contribution < -0.4 is 4.74 Å². The predicted octanol–water partition coefficient (Wildman–Crippen LogP) is 4.57. The van der Waals surface area contributed by atoms with Crippen molar-refractivity contribution in [3.05, 3.63) is 71.7 Å². The molecule has 1 aromatic heterocycles. The number of hydrogen-bond acceptors (Lipinski definition) is 3. The normalized spacial score (nSPS) is 10.4. The number of halogens is 1. The molecule has 0 aliphatic rings. The smallest absolute Gasteiger partial charge is 0.292 e. The van der Waals surface area contributed by atoms with Gasteiger partial charge in [0.2, 0.25) is 0 Å². The summed E-state index contributed by atoms with van der Waals surface area (Å²) in [6.45, 7) is 0.529. The van der Waals surface area contributed by atoms with Crippen LogP contribution in [0.15, 0.2) is 65.2 Å². The first-order valence-corrected chi connectivity index (χ1v) is 6.57. The van der Waals surface area contributed by atoms with Crippen LogP contribution in [0.4, 0.5) is 0 Å². The number of rotatable bonds is 4. The molecular formula is C16H12ClNO2. The first kappa shape index (κ1) is 12.8. The summed E-state index contributed by atoms with van der Waals surface area (Å²) in [6, 6.07) is 17.7. The van der Waals surface area contributed by atoms with Crippen molar-refractivity contribution in [2.45, 2.75) is 6.61 Å². The van der Waals surface area contributed by atoms with Crippen LogP contribution in [-0.2, 0) is 6.61 Å². The average Bonchev–Trinajstić information content (AvgIpc) is 2.93. The summed E-state index contributed by atoms with van der Waals surface area (Å²) in [6.07, 6.45) is 1.60. The van der Waals surface area contributed by atoms with E-state index in [9.17, 15) is 0 Å². The van der Waals surface area contributed by atoms with Crippen LogP contribution in [0.25, 0.3) is 11.3 Å². The predicted molar refractivity (Wildman–Crippen MR) is 77.7 cm³/mol. The minimum Gasteiger partial charge on any atom is -0.489 e. The van der Waals surface area contributed by atoms with Crippen LogP contribution in [0.5, 0.6) is 5.75 Å². The third-order valence-electron chi connectivity index (χ3n) is 2.84. The summed E-state index contributed by atoms with van der Waals surface area (Å²) >= 11 is 5.68. The number of hydrogen-bond donors (Lipinski definition) is 0. The third-order valence-corrected chi connectivity index (χ3v) is 3.02. The van der Waals surface area contributed by atoms with Gasteiger partial charge in [0.25, 0.3) is 5.35 Å². The highest BCUT2D eigenvalue weighted by Gasteiger charge is 2.06. The summed E-state index contributed by atoms with van der Waals surface area (Å²) in [5.41, 5.74) is 2.01. The van der Waals surface area contributed by atoms with Gasteiger partial charge in [0.1, 0.15) is 12.4 Å². The molecule has 0 N–H and O–H groups in total. The van der Waals surface area contributed by atoms with Crippen molar-refractivity contribution in [2.24, 2.45) is 0 Å². The quantitative estimate of drug-likeness (QED) is 0.704. The van der Waals surface area contributed by atoms with Crippen LogP contribution in [0.1, 0.15) is 5.56 Å². The van der Waals surface area contributed by atoms with Gasteiger partial charge < -0.3 is 9.15 Å². The van der Waals surface area contributed by atoms with E-state index in [1.165, 1.54) is 0 Å². The maximum Gasteiger partial charge on any atom is 0.292 e. The van der Waals surface area contributed by atoms with E-state index < -0.39 is 0 Å². The van der Waals surface area contributed by atoms with E-state index in [1.54, 1.807) is 6.20 Å². The first-order valence-electron chi connectivity index (χ1n) is 6.20. The average molecular weight is 286 g/mol. The maximum absolute atomic E-state index is 5.77. The molecule has 2 aromatic carbocycles. The van der Waals surface area contributed by atoms with Gasteiger partial charge in [-0.1, -0.05) is 42.5 Å². The zero-order valence-electron chi connectivity index (χ0n) is 10.6. The second kappa shape index (κ2) is 5.80. The third kappa shape index (κ3) is 3.00. The van der Waals surface area contributed by atoms with Gasteiger partial charge in [0, 0.05) is 5.56 Å². The fourth-order valence-electron chi connectivity index (χ4n) is 1.87. The lowest BCUT2D eigenvalue weighted by molar-refractivity contribution is 0.306. The number of aromatic nitrogens is 1. The fraction of sp³-hybridized carbons (Fsp3) is 0.0625. The highest BCUT2D eigenvalue weighted by molar-refractivity contribution is 6.27. The molecule has 0 amide bonds. The molecule has 3 rings (SSSR count). The van der Waals surface area contributed by atoms with Crippen molar-refractivity contribution >= 4 is 11.6 Å². The Morgan fingerprint density at radius 1 is 1.05 bits per heavy atom. The lowest BCUT2D eigenvalue weighted by Gasteiger charge is -2.07. The van der Waals surface area contributed by atoms with E-state index in [0.717, 1.165) is 16.9 Å². The Bertz CT molecular complexity index is 694. The Balaban J connectivity index is 1.75. The highest BCUT2D eigenvalue weighted by Crippen LogP contribution is 2.26. The molecule has 0 saturated carbocycles. The molecule has 0 atom stereocenters. The van der Waals surface area contributed by atoms with Gasteiger partial charge in [-0.3, -0.25) is 0 Å². The summed E-state index contributed by atoms with van der Waals surface area (Å²) in [7, 11) is 0. The topological polar surface area (TPSA) is 35.3 Å². The summed E-state index contributed by atoms with van der Waals surface area (Å²) in [5, 5.41) is 0.135. The van der Waals surface area contributed by atoms with Crippen LogP contribution in [-0.4, -0.2) is 4.98 Å². The Morgan fingerprint density at radius 2 is 1.90 bits per heavy atom. The van der Waals surface area contributed by atoms with Gasteiger partial charge in [0.15, 0.2) is 5.76 Å². The van der Waals surface area contributed by atoms with Crippen molar-refractivity contribution in [1.82, 2.24) is 4.98 Å². The van der Waals surface area contributed by atoms with Crippen molar-refractivity contribution in [3.63, 3.8) is 0 Å². The van der Waals surface area contributed by atoms with Gasteiger partial charge in [-0.05, 0) is 29.3 Å². The molecule has 0 aliphatic heterocycles. The molecule has 0 unspecified atom stereocenters. The number of ether oxygens (including phenoxy) is 1. The highest BCUT2D eigenvalue weighted by atomic mass is 35.5. The molecule has 0 bridgehead atoms. The monoisotopic (exact) mass is 285 g/mol. The van der Waals surface area contributed by atoms with Gasteiger partial charge in [-0.15, -0.1) is 0 Å². The van der Waals surface area contributed by atoms with Crippen LogP contribution in [0.2, 0.25) is 5.35 Å². The van der Waals surface area contributed by atoms with Gasteiger partial charge >= 0.3 is 0 Å². The molecule has 0 aliphatic carbocycles. The van der Waals surface area contributed by atoms with Crippen LogP contribution >= 0.6 is 11.6 Å². The van der Waals surface area contributed by atoms with Crippen LogP contribution in [0.3, 0.4) is 0 Å². The zero-order valence-corrected chi connectivity index (χ0v) is 11.4. The second-order valence-electron chi connectivity index (χ2n) is 4.28. The van der Waals surface area contributed by atoms with Crippen molar-refractivity contribution in [3.8, 4) is 17.1 Å². The summed E-state index contributed by atoms with van der Waals surface area (Å²) in [4.78, 5) is 3.87. The molecule has 3 aromatic rings. The Hall–Kier alpha value is -2.26. The number of oxazole rings is 1. The summed E-state index contributed by atoms with van der Waals surface area (Å²) < 4.78 is 11.1. The minimum absolute atomic E-state index is 0.135. The van der Waals surface area contributed by atoms with Crippen LogP contribution in [0, 0.1) is 0 Å². The molecule has 0 spiro atoms. The lowest BCUT2D eigenvalue weighted by atomic mass is 10.2. The Morgan fingerprint density at radius 3 is 2.65 bits per heavy atom. The molecule has 0 radical (unpaired) electrons. The van der Waals surface area contributed by atoms with Gasteiger partial charge in [0.05, 0.1) is 6.20 Å². The molecule has 1 heterocycles. The van der Waals surface area contributed by atoms with E-state index in [0.29, 0.717) is 12.4 Å². The van der Waals surface area contributed by atoms with Crippen molar-refractivity contribution < 1.29 is 9.15 Å². The molecule has 100 valence electrons. The van der Waals surface area contributed by atoms with Gasteiger partial charge in [-0.2, -0.15) is 0 Å². The molecule has 3 nitrogen and oxygen atoms in total. The standard InChI is InChI=1S/C16H12ClNO2/c17-16-18-10-15(20-16)13-7-4-8-14(9-13)19-11-12-5-2-1-3-6-12/h1-10H,11H2. The van der Waals surface area contributed by atoms with E-state index >= 15 is 0 Å². The lowest BCUT2D eigenvalue weighted by Crippen LogP contribution is -1.94. The van der Waals surface area contributed by atoms with E-state index in [4.69, 9.17) is 20.8 Å². The van der Waals surface area contributed by atoms with E-state index in [-0.39, 0.29) is 5.35 Å². The van der Waals surface area contributed by atoms with E-state index in [2.05, 4.69) is 4.98 Å². The SMILES string of the molecule is Clc1ncc(-c2cccc(OCc3ccccc3)c2)o1.